The summed E-state index contributed by atoms with van der Waals surface area (Å²) in [6, 6.07) is 8.86. The van der Waals surface area contributed by atoms with Crippen LogP contribution in [0.15, 0.2) is 36.4 Å². The molecule has 0 atom stereocenters. The van der Waals surface area contributed by atoms with Crippen LogP contribution in [-0.4, -0.2) is 63.9 Å². The Kier molecular flexibility index (Phi) is 7.30. The maximum Gasteiger partial charge on any atom is 0.573 e. The standard InChI is InChI=1S/C25H24F4N6O3S/c1-34-19-5-2-15(22(37)30-13-21(36)35-8-6-14(12-26)7-9-35)10-18(19)31-23(34)33-24-32-17-4-3-16(11-20(17)39-24)38-25(27,28)29/h2-5,10-11,14H,6-9,12-13H2,1H3,(H,30,37)(H,31,32,33). The molecule has 1 saturated heterocycles. The van der Waals surface area contributed by atoms with E-state index in [4.69, 9.17) is 0 Å². The van der Waals surface area contributed by atoms with Crippen LogP contribution in [0.4, 0.5) is 28.6 Å². The first-order valence-electron chi connectivity index (χ1n) is 12.1. The quantitative estimate of drug-likeness (QED) is 0.314. The minimum atomic E-state index is -4.79. The zero-order valence-corrected chi connectivity index (χ0v) is 21.5. The number of aryl methyl sites for hydroxylation is 1. The number of carbonyl (C=O) groups is 2. The number of amides is 2. The molecule has 5 rings (SSSR count). The number of hydrogen-bond donors (Lipinski definition) is 2. The van der Waals surface area contributed by atoms with Crippen molar-refractivity contribution < 1.29 is 31.9 Å². The number of rotatable bonds is 7. The molecule has 0 spiro atoms. The SMILES string of the molecule is Cn1c(Nc2nc3ccc(OC(F)(F)F)cc3s2)nc2cc(C(=O)NCC(=O)N3CCC(CF)CC3)ccc21. The van der Waals surface area contributed by atoms with E-state index in [1.165, 1.54) is 18.2 Å². The summed E-state index contributed by atoms with van der Waals surface area (Å²) in [4.78, 5) is 35.7. The summed E-state index contributed by atoms with van der Waals surface area (Å²) in [5.41, 5.74) is 2.07. The third kappa shape index (κ3) is 6.05. The van der Waals surface area contributed by atoms with Crippen LogP contribution in [0.1, 0.15) is 23.2 Å². The average molecular weight is 565 g/mol. The zero-order chi connectivity index (χ0) is 27.7. The first kappa shape index (κ1) is 26.7. The Bertz CT molecular complexity index is 1530. The highest BCUT2D eigenvalue weighted by molar-refractivity contribution is 7.22. The van der Waals surface area contributed by atoms with Gasteiger partial charge in [-0.05, 0) is 49.1 Å². The zero-order valence-electron chi connectivity index (χ0n) is 20.7. The maximum atomic E-state index is 12.8. The van der Waals surface area contributed by atoms with E-state index < -0.39 is 12.3 Å². The number of thiazole rings is 1. The summed E-state index contributed by atoms with van der Waals surface area (Å²) in [6.07, 6.45) is -3.55. The number of fused-ring (bicyclic) bond motifs is 2. The Hall–Kier alpha value is -3.94. The molecule has 4 aromatic rings. The van der Waals surface area contributed by atoms with Crippen molar-refractivity contribution in [2.24, 2.45) is 13.0 Å². The lowest BCUT2D eigenvalue weighted by Crippen LogP contribution is -2.44. The second-order valence-electron chi connectivity index (χ2n) is 9.18. The fourth-order valence-corrected chi connectivity index (χ4v) is 5.30. The van der Waals surface area contributed by atoms with E-state index in [1.807, 2.05) is 0 Å². The van der Waals surface area contributed by atoms with E-state index in [-0.39, 0.29) is 30.8 Å². The third-order valence-corrected chi connectivity index (χ3v) is 7.47. The molecule has 2 amide bonds. The van der Waals surface area contributed by atoms with Crippen molar-refractivity contribution in [1.82, 2.24) is 24.8 Å². The Morgan fingerprint density at radius 1 is 1.10 bits per heavy atom. The van der Waals surface area contributed by atoms with Gasteiger partial charge in [0.1, 0.15) is 5.75 Å². The van der Waals surface area contributed by atoms with Crippen molar-refractivity contribution in [3.05, 3.63) is 42.0 Å². The van der Waals surface area contributed by atoms with Crippen LogP contribution >= 0.6 is 11.3 Å². The van der Waals surface area contributed by atoms with Gasteiger partial charge in [0.25, 0.3) is 5.91 Å². The Labute approximate surface area is 223 Å². The smallest absolute Gasteiger partial charge is 0.406 e. The van der Waals surface area contributed by atoms with Crippen molar-refractivity contribution in [3.8, 4) is 5.75 Å². The van der Waals surface area contributed by atoms with Crippen LogP contribution in [0.2, 0.25) is 0 Å². The van der Waals surface area contributed by atoms with E-state index in [2.05, 4.69) is 25.3 Å². The topological polar surface area (TPSA) is 101 Å². The number of likely N-dealkylation sites (tertiary alicyclic amines) is 1. The largest absolute Gasteiger partial charge is 0.573 e. The Morgan fingerprint density at radius 2 is 1.87 bits per heavy atom. The Morgan fingerprint density at radius 3 is 2.59 bits per heavy atom. The van der Waals surface area contributed by atoms with Crippen LogP contribution < -0.4 is 15.4 Å². The van der Waals surface area contributed by atoms with Gasteiger partial charge in [-0.15, -0.1) is 13.2 Å². The molecule has 9 nitrogen and oxygen atoms in total. The van der Waals surface area contributed by atoms with E-state index >= 15 is 0 Å². The van der Waals surface area contributed by atoms with Crippen LogP contribution in [0.5, 0.6) is 5.75 Å². The number of imidazole rings is 1. The van der Waals surface area contributed by atoms with E-state index in [9.17, 15) is 27.2 Å². The maximum absolute atomic E-state index is 12.8. The molecule has 14 heteroatoms. The molecule has 0 saturated carbocycles. The van der Waals surface area contributed by atoms with Crippen LogP contribution in [0.25, 0.3) is 21.3 Å². The van der Waals surface area contributed by atoms with Gasteiger partial charge in [-0.25, -0.2) is 9.97 Å². The van der Waals surface area contributed by atoms with Crippen molar-refractivity contribution in [2.45, 2.75) is 19.2 Å². The number of piperidine rings is 1. The van der Waals surface area contributed by atoms with Gasteiger partial charge in [-0.2, -0.15) is 0 Å². The summed E-state index contributed by atoms with van der Waals surface area (Å²) >= 11 is 1.14. The summed E-state index contributed by atoms with van der Waals surface area (Å²) < 4.78 is 56.6. The molecule has 1 aliphatic rings. The van der Waals surface area contributed by atoms with E-state index in [0.717, 1.165) is 16.9 Å². The van der Waals surface area contributed by atoms with Crippen LogP contribution in [0.3, 0.4) is 0 Å². The first-order valence-corrected chi connectivity index (χ1v) is 12.9. The number of nitrogens with one attached hydrogen (secondary N) is 2. The van der Waals surface area contributed by atoms with Gasteiger partial charge in [-0.1, -0.05) is 11.3 Å². The highest BCUT2D eigenvalue weighted by Crippen LogP contribution is 2.33. The number of anilines is 2. The molecule has 1 fully saturated rings. The molecule has 0 radical (unpaired) electrons. The number of nitrogens with zero attached hydrogens (tertiary/aromatic N) is 4. The van der Waals surface area contributed by atoms with Gasteiger partial charge < -0.3 is 24.8 Å². The van der Waals surface area contributed by atoms with Crippen molar-refractivity contribution in [2.75, 3.05) is 31.6 Å². The van der Waals surface area contributed by atoms with Crippen molar-refractivity contribution in [3.63, 3.8) is 0 Å². The highest BCUT2D eigenvalue weighted by Gasteiger charge is 2.31. The van der Waals surface area contributed by atoms with Crippen LogP contribution in [0, 0.1) is 5.92 Å². The lowest BCUT2D eigenvalue weighted by molar-refractivity contribution is -0.274. The molecular weight excluding hydrogens is 540 g/mol. The van der Waals surface area contributed by atoms with Gasteiger partial charge in [0.05, 0.1) is 34.5 Å². The first-order chi connectivity index (χ1) is 18.6. The number of halogens is 4. The molecular formula is C25H24F4N6O3S. The summed E-state index contributed by atoms with van der Waals surface area (Å²) in [6.45, 7) is 0.431. The summed E-state index contributed by atoms with van der Waals surface area (Å²) in [5, 5.41) is 6.13. The number of carbonyl (C=O) groups excluding carboxylic acids is 2. The predicted octanol–water partition coefficient (Wildman–Crippen LogP) is 4.76. The normalized spacial score (nSPS) is 14.6. The number of ether oxygens (including phenoxy) is 1. The molecule has 2 aromatic carbocycles. The van der Waals surface area contributed by atoms with Gasteiger partial charge in [0.15, 0.2) is 5.13 Å². The minimum absolute atomic E-state index is 0.00602. The van der Waals surface area contributed by atoms with Crippen LogP contribution in [-0.2, 0) is 11.8 Å². The Balaban J connectivity index is 1.25. The predicted molar refractivity (Wildman–Crippen MR) is 138 cm³/mol. The lowest BCUT2D eigenvalue weighted by atomic mass is 9.98. The van der Waals surface area contributed by atoms with Gasteiger partial charge in [-0.3, -0.25) is 14.0 Å². The molecule has 0 bridgehead atoms. The molecule has 0 unspecified atom stereocenters. The van der Waals surface area contributed by atoms with Gasteiger partial charge in [0, 0.05) is 31.8 Å². The van der Waals surface area contributed by atoms with Crippen molar-refractivity contribution >= 4 is 55.5 Å². The lowest BCUT2D eigenvalue weighted by Gasteiger charge is -2.30. The highest BCUT2D eigenvalue weighted by atomic mass is 32.1. The number of aromatic nitrogens is 3. The monoisotopic (exact) mass is 564 g/mol. The summed E-state index contributed by atoms with van der Waals surface area (Å²) in [5.74, 6) is -0.554. The molecule has 206 valence electrons. The van der Waals surface area contributed by atoms with E-state index in [0.29, 0.717) is 58.3 Å². The number of alkyl halides is 4. The molecule has 2 aromatic heterocycles. The average Bonchev–Trinajstić information content (AvgIpc) is 3.45. The summed E-state index contributed by atoms with van der Waals surface area (Å²) in [7, 11) is 1.77. The number of hydrogen-bond acceptors (Lipinski definition) is 7. The third-order valence-electron chi connectivity index (χ3n) is 6.54. The molecule has 39 heavy (non-hydrogen) atoms. The van der Waals surface area contributed by atoms with E-state index in [1.54, 1.807) is 34.7 Å². The van der Waals surface area contributed by atoms with Gasteiger partial charge >= 0.3 is 6.36 Å². The number of benzene rings is 2. The van der Waals surface area contributed by atoms with Crippen molar-refractivity contribution in [1.29, 1.82) is 0 Å². The second-order valence-corrected chi connectivity index (χ2v) is 10.2. The second kappa shape index (κ2) is 10.7. The minimum Gasteiger partial charge on any atom is -0.406 e. The van der Waals surface area contributed by atoms with Gasteiger partial charge in [0.2, 0.25) is 11.9 Å². The fraction of sp³-hybridized carbons (Fsp3) is 0.360. The molecule has 3 heterocycles. The molecule has 2 N–H and O–H groups in total. The fourth-order valence-electron chi connectivity index (χ4n) is 4.41. The molecule has 1 aliphatic heterocycles. The molecule has 0 aliphatic carbocycles.